The zero-order valence-corrected chi connectivity index (χ0v) is 13.1. The molecule has 0 amide bonds. The summed E-state index contributed by atoms with van der Waals surface area (Å²) in [6.45, 7) is 1.45. The summed E-state index contributed by atoms with van der Waals surface area (Å²) in [5.41, 5.74) is 1.24. The number of nitrogens with zero attached hydrogens (tertiary/aromatic N) is 1. The largest absolute Gasteiger partial charge is 0.488 e. The third-order valence-corrected chi connectivity index (χ3v) is 4.00. The lowest BCUT2D eigenvalue weighted by molar-refractivity contribution is 0.0613. The van der Waals surface area contributed by atoms with E-state index in [1.54, 1.807) is 18.2 Å². The molecule has 0 aromatic heterocycles. The van der Waals surface area contributed by atoms with E-state index in [0.29, 0.717) is 12.6 Å². The molecule has 4 heteroatoms. The maximum Gasteiger partial charge on any atom is 0.165 e. The molecule has 2 aromatic rings. The highest BCUT2D eigenvalue weighted by molar-refractivity contribution is 5.23. The van der Waals surface area contributed by atoms with E-state index in [9.17, 15) is 9.50 Å². The zero-order chi connectivity index (χ0) is 16.1. The van der Waals surface area contributed by atoms with Crippen LogP contribution in [0.2, 0.25) is 0 Å². The summed E-state index contributed by atoms with van der Waals surface area (Å²) < 4.78 is 18.9. The number of aliphatic hydroxyl groups is 1. The van der Waals surface area contributed by atoms with E-state index in [1.165, 1.54) is 24.5 Å². The molecule has 1 atom stereocenters. The fourth-order valence-corrected chi connectivity index (χ4v) is 2.67. The van der Waals surface area contributed by atoms with Crippen LogP contribution in [0.15, 0.2) is 54.6 Å². The fraction of sp³-hybridized carbons (Fsp3) is 0.368. The highest BCUT2D eigenvalue weighted by Gasteiger charge is 2.30. The first-order valence-electron chi connectivity index (χ1n) is 8.06. The molecule has 3 nitrogen and oxygen atoms in total. The molecule has 1 saturated carbocycles. The van der Waals surface area contributed by atoms with Crippen LogP contribution in [0.1, 0.15) is 18.4 Å². The molecule has 0 saturated heterocycles. The quantitative estimate of drug-likeness (QED) is 0.812. The summed E-state index contributed by atoms with van der Waals surface area (Å²) in [6, 6.07) is 17.0. The Morgan fingerprint density at radius 1 is 1.09 bits per heavy atom. The Balaban J connectivity index is 1.52. The van der Waals surface area contributed by atoms with Crippen LogP contribution in [-0.4, -0.2) is 35.3 Å². The third-order valence-electron chi connectivity index (χ3n) is 4.00. The maximum absolute atomic E-state index is 13.5. The predicted octanol–water partition coefficient (Wildman–Crippen LogP) is 3.23. The normalized spacial score (nSPS) is 15.6. The van der Waals surface area contributed by atoms with Crippen molar-refractivity contribution in [2.24, 2.45) is 0 Å². The summed E-state index contributed by atoms with van der Waals surface area (Å²) >= 11 is 0. The summed E-state index contributed by atoms with van der Waals surface area (Å²) in [5, 5.41) is 10.2. The molecule has 2 aromatic carbocycles. The number of aliphatic hydroxyl groups excluding tert-OH is 1. The van der Waals surface area contributed by atoms with Gasteiger partial charge in [0.25, 0.3) is 0 Å². The number of rotatable bonds is 8. The molecule has 1 fully saturated rings. The van der Waals surface area contributed by atoms with Gasteiger partial charge < -0.3 is 9.84 Å². The van der Waals surface area contributed by atoms with Crippen molar-refractivity contribution in [3.63, 3.8) is 0 Å². The van der Waals surface area contributed by atoms with Gasteiger partial charge in [-0.1, -0.05) is 42.5 Å². The lowest BCUT2D eigenvalue weighted by atomic mass is 10.2. The van der Waals surface area contributed by atoms with Gasteiger partial charge in [-0.2, -0.15) is 0 Å². The van der Waals surface area contributed by atoms with E-state index in [0.717, 1.165) is 6.54 Å². The van der Waals surface area contributed by atoms with Crippen LogP contribution < -0.4 is 4.74 Å². The molecular formula is C19H22FNO2. The number of halogens is 1. The molecule has 0 heterocycles. The van der Waals surface area contributed by atoms with Crippen molar-refractivity contribution in [3.05, 3.63) is 66.0 Å². The highest BCUT2D eigenvalue weighted by atomic mass is 19.1. The van der Waals surface area contributed by atoms with E-state index in [-0.39, 0.29) is 12.4 Å². The third kappa shape index (κ3) is 4.78. The Bertz CT molecular complexity index is 616. The Labute approximate surface area is 136 Å². The van der Waals surface area contributed by atoms with Gasteiger partial charge in [0.15, 0.2) is 11.6 Å². The number of para-hydroxylation sites is 1. The smallest absolute Gasteiger partial charge is 0.165 e. The van der Waals surface area contributed by atoms with Gasteiger partial charge >= 0.3 is 0 Å². The molecule has 0 aliphatic heterocycles. The molecule has 122 valence electrons. The Morgan fingerprint density at radius 2 is 1.78 bits per heavy atom. The highest BCUT2D eigenvalue weighted by Crippen LogP contribution is 2.28. The number of ether oxygens (including phenoxy) is 1. The fourth-order valence-electron chi connectivity index (χ4n) is 2.67. The van der Waals surface area contributed by atoms with Crippen LogP contribution in [0.25, 0.3) is 0 Å². The van der Waals surface area contributed by atoms with Crippen LogP contribution in [-0.2, 0) is 6.54 Å². The molecule has 23 heavy (non-hydrogen) atoms. The van der Waals surface area contributed by atoms with Crippen molar-refractivity contribution < 1.29 is 14.2 Å². The van der Waals surface area contributed by atoms with Gasteiger partial charge in [0.2, 0.25) is 0 Å². The van der Waals surface area contributed by atoms with Crippen LogP contribution in [0, 0.1) is 5.82 Å². The Hall–Kier alpha value is -1.91. The standard InChI is InChI=1S/C19H22FNO2/c20-18-8-4-5-9-19(18)23-14-17(22)13-21(16-10-11-16)12-15-6-2-1-3-7-15/h1-9,16-17,22H,10-14H2. The lowest BCUT2D eigenvalue weighted by Gasteiger charge is -2.25. The van der Waals surface area contributed by atoms with Gasteiger partial charge in [0.05, 0.1) is 0 Å². The zero-order valence-electron chi connectivity index (χ0n) is 13.1. The molecule has 1 aliphatic carbocycles. The SMILES string of the molecule is OC(COc1ccccc1F)CN(Cc1ccccc1)C1CC1. The summed E-state index contributed by atoms with van der Waals surface area (Å²) in [7, 11) is 0. The second-order valence-electron chi connectivity index (χ2n) is 6.04. The van der Waals surface area contributed by atoms with Gasteiger partial charge in [0, 0.05) is 19.1 Å². The summed E-state index contributed by atoms with van der Waals surface area (Å²) in [6.07, 6.45) is 1.71. The molecular weight excluding hydrogens is 293 g/mol. The minimum absolute atomic E-state index is 0.0962. The average Bonchev–Trinajstić information content (AvgIpc) is 3.39. The van der Waals surface area contributed by atoms with E-state index < -0.39 is 11.9 Å². The molecule has 0 spiro atoms. The number of hydrogen-bond acceptors (Lipinski definition) is 3. The second-order valence-corrected chi connectivity index (χ2v) is 6.04. The van der Waals surface area contributed by atoms with Crippen LogP contribution >= 0.6 is 0 Å². The first kappa shape index (κ1) is 16.0. The van der Waals surface area contributed by atoms with Gasteiger partial charge in [-0.3, -0.25) is 4.90 Å². The van der Waals surface area contributed by atoms with Crippen molar-refractivity contribution in [1.82, 2.24) is 4.90 Å². The summed E-state index contributed by atoms with van der Waals surface area (Å²) in [5.74, 6) is -0.212. The molecule has 3 rings (SSSR count). The van der Waals surface area contributed by atoms with Gasteiger partial charge in [0.1, 0.15) is 12.7 Å². The minimum Gasteiger partial charge on any atom is -0.488 e. The van der Waals surface area contributed by atoms with Crippen LogP contribution in [0.3, 0.4) is 0 Å². The van der Waals surface area contributed by atoms with E-state index >= 15 is 0 Å². The maximum atomic E-state index is 13.5. The molecule has 0 bridgehead atoms. The van der Waals surface area contributed by atoms with E-state index in [4.69, 9.17) is 4.74 Å². The van der Waals surface area contributed by atoms with Crippen molar-refractivity contribution >= 4 is 0 Å². The van der Waals surface area contributed by atoms with Crippen LogP contribution in [0.4, 0.5) is 4.39 Å². The predicted molar refractivity (Wildman–Crippen MR) is 87.8 cm³/mol. The number of benzene rings is 2. The average molecular weight is 315 g/mol. The molecule has 1 aliphatic rings. The van der Waals surface area contributed by atoms with Gasteiger partial charge in [-0.25, -0.2) is 4.39 Å². The van der Waals surface area contributed by atoms with Crippen molar-refractivity contribution in [2.75, 3.05) is 13.2 Å². The van der Waals surface area contributed by atoms with Gasteiger partial charge in [-0.05, 0) is 30.5 Å². The monoisotopic (exact) mass is 315 g/mol. The molecule has 1 unspecified atom stereocenters. The number of hydrogen-bond donors (Lipinski definition) is 1. The first-order chi connectivity index (χ1) is 11.2. The van der Waals surface area contributed by atoms with Crippen molar-refractivity contribution in [3.8, 4) is 5.75 Å². The van der Waals surface area contributed by atoms with E-state index in [2.05, 4.69) is 17.0 Å². The van der Waals surface area contributed by atoms with Crippen molar-refractivity contribution in [1.29, 1.82) is 0 Å². The summed E-state index contributed by atoms with van der Waals surface area (Å²) in [4.78, 5) is 2.28. The van der Waals surface area contributed by atoms with E-state index in [1.807, 2.05) is 18.2 Å². The first-order valence-corrected chi connectivity index (χ1v) is 8.06. The van der Waals surface area contributed by atoms with Crippen LogP contribution in [0.5, 0.6) is 5.75 Å². The molecule has 0 radical (unpaired) electrons. The Morgan fingerprint density at radius 3 is 2.48 bits per heavy atom. The Kier molecular flexibility index (Phi) is 5.26. The minimum atomic E-state index is -0.640. The van der Waals surface area contributed by atoms with Crippen molar-refractivity contribution in [2.45, 2.75) is 31.5 Å². The lowest BCUT2D eigenvalue weighted by Crippen LogP contribution is -2.36. The van der Waals surface area contributed by atoms with Gasteiger partial charge in [-0.15, -0.1) is 0 Å². The topological polar surface area (TPSA) is 32.7 Å². The molecule has 1 N–H and O–H groups in total. The second kappa shape index (κ2) is 7.57.